The molecule has 2 aromatic heterocycles. The van der Waals surface area contributed by atoms with E-state index in [4.69, 9.17) is 22.6 Å². The third-order valence-corrected chi connectivity index (χ3v) is 12.1. The highest BCUT2D eigenvalue weighted by Gasteiger charge is 2.43. The van der Waals surface area contributed by atoms with Crippen LogP contribution in [0.1, 0.15) is 70.7 Å². The van der Waals surface area contributed by atoms with Gasteiger partial charge in [0.25, 0.3) is 11.4 Å². The Kier molecular flexibility index (Phi) is 8.17. The molecule has 290 valence electrons. The lowest BCUT2D eigenvalue weighted by Crippen LogP contribution is -2.32. The lowest BCUT2D eigenvalue weighted by molar-refractivity contribution is 0.0954. The molecule has 0 radical (unpaired) electrons. The Morgan fingerprint density at radius 1 is 0.633 bits per heavy atom. The molecule has 12 nitrogen and oxygen atoms in total. The second-order valence-corrected chi connectivity index (χ2v) is 16.5. The van der Waals surface area contributed by atoms with Crippen molar-refractivity contribution < 1.29 is 36.6 Å². The van der Waals surface area contributed by atoms with Gasteiger partial charge in [-0.25, -0.2) is 47.8 Å². The second kappa shape index (κ2) is 12.9. The van der Waals surface area contributed by atoms with E-state index in [1.54, 1.807) is 12.1 Å². The average Bonchev–Trinajstić information content (AvgIpc) is 3.92. The number of Topliss-reactive ketones (excluding diaryl/α,β-unsaturated/α-hetero) is 2. The smallest absolute Gasteiger partial charge is 0.271 e. The molecule has 0 atom stereocenters. The van der Waals surface area contributed by atoms with Gasteiger partial charge in [-0.05, 0) is 75.2 Å². The summed E-state index contributed by atoms with van der Waals surface area (Å²) in [5, 5.41) is 19.4. The number of carbonyl (C=O) groups excluding carboxylic acids is 2. The first kappa shape index (κ1) is 37.9. The molecule has 9 rings (SSSR count). The van der Waals surface area contributed by atoms with Crippen molar-refractivity contribution in [1.29, 1.82) is 10.5 Å². The van der Waals surface area contributed by atoms with Crippen LogP contribution in [0.15, 0.2) is 57.8 Å². The SMILES string of the molecule is [C-]#[N+]C(C#N)=C1C(=Nc2nc3c(s2)-c2cc4c(cc2C(C)(C)O3)-c2sc(N=C3C(=O)c5cc(F)c(F)cc5/C3=C(/C#N)[N+]#[C-])nc2OC4(C)C)C(=O)c2cc(F)c(F)cc21. The maximum atomic E-state index is 14.3. The number of rotatable bonds is 2. The number of nitrogens with zero attached hydrogens (tertiary/aromatic N) is 8. The highest BCUT2D eigenvalue weighted by molar-refractivity contribution is 7.19. The van der Waals surface area contributed by atoms with E-state index in [0.29, 0.717) is 44.1 Å². The molecule has 5 aromatic rings. The van der Waals surface area contributed by atoms with Crippen molar-refractivity contribution >= 4 is 67.1 Å². The Balaban J connectivity index is 1.16. The zero-order valence-corrected chi connectivity index (χ0v) is 32.6. The van der Waals surface area contributed by atoms with Gasteiger partial charge in [0.05, 0.1) is 25.3 Å². The van der Waals surface area contributed by atoms with Gasteiger partial charge in [-0.2, -0.15) is 9.97 Å². The van der Waals surface area contributed by atoms with E-state index in [2.05, 4.69) is 29.6 Å². The fourth-order valence-electron chi connectivity index (χ4n) is 7.51. The molecular weight excluding hydrogens is 821 g/mol. The zero-order valence-electron chi connectivity index (χ0n) is 31.0. The maximum absolute atomic E-state index is 14.3. The van der Waals surface area contributed by atoms with Crippen LogP contribution in [0.3, 0.4) is 0 Å². The summed E-state index contributed by atoms with van der Waals surface area (Å²) in [5.74, 6) is -6.42. The quantitative estimate of drug-likeness (QED) is 0.0965. The van der Waals surface area contributed by atoms with Crippen LogP contribution < -0.4 is 9.47 Å². The van der Waals surface area contributed by atoms with Crippen molar-refractivity contribution in [2.45, 2.75) is 38.9 Å². The van der Waals surface area contributed by atoms with Gasteiger partial charge >= 0.3 is 0 Å². The minimum Gasteiger partial charge on any atom is -0.466 e. The summed E-state index contributed by atoms with van der Waals surface area (Å²) in [6, 6.07) is 10.1. The number of hydrogen-bond donors (Lipinski definition) is 0. The van der Waals surface area contributed by atoms with Gasteiger partial charge < -0.3 is 9.47 Å². The third kappa shape index (κ3) is 5.43. The van der Waals surface area contributed by atoms with Gasteiger partial charge in [-0.3, -0.25) is 9.59 Å². The number of halogens is 4. The van der Waals surface area contributed by atoms with Crippen LogP contribution in [-0.2, 0) is 11.2 Å². The van der Waals surface area contributed by atoms with Gasteiger partial charge in [-0.15, -0.1) is 0 Å². The molecule has 0 bridgehead atoms. The molecule has 4 aliphatic rings. The van der Waals surface area contributed by atoms with E-state index in [1.165, 1.54) is 0 Å². The molecule has 60 heavy (non-hydrogen) atoms. The number of aromatic nitrogens is 2. The summed E-state index contributed by atoms with van der Waals surface area (Å²) < 4.78 is 70.0. The van der Waals surface area contributed by atoms with E-state index in [-0.39, 0.29) is 66.8 Å². The number of nitriles is 2. The van der Waals surface area contributed by atoms with Crippen molar-refractivity contribution in [3.8, 4) is 44.8 Å². The average molecular weight is 839 g/mol. The molecule has 0 unspecified atom stereocenters. The van der Waals surface area contributed by atoms with Gasteiger partial charge in [-0.1, -0.05) is 22.7 Å². The number of ketones is 2. The molecule has 3 aromatic carbocycles. The Hall–Kier alpha value is -7.64. The number of ether oxygens (including phenoxy) is 2. The highest BCUT2D eigenvalue weighted by Crippen LogP contribution is 2.56. The van der Waals surface area contributed by atoms with Crippen LogP contribution in [0.4, 0.5) is 27.8 Å². The number of thiazole rings is 2. The Bertz CT molecular complexity index is 3010. The molecule has 0 saturated heterocycles. The molecule has 0 saturated carbocycles. The Morgan fingerprint density at radius 3 is 1.32 bits per heavy atom. The van der Waals surface area contributed by atoms with E-state index in [1.807, 2.05) is 39.8 Å². The first-order valence-corrected chi connectivity index (χ1v) is 19.0. The minimum absolute atomic E-state index is 0.00234. The number of benzene rings is 3. The number of aliphatic imine (C=N–C) groups is 2. The lowest BCUT2D eigenvalue weighted by atomic mass is 9.81. The standard InChI is InChI=1S/C42H18F4N8O4S2/c1-41(2)21-7-20-22(8-19(21)35-37(57-41)53-39(59-35)51-31-29(27(13-47)49-5)15-9-23(43)25(45)11-17(15)33(31)55)42(3,4)58-38-36(20)60-40(54-38)52-32-30(28(14-48)50-6)16-10-24(44)26(46)12-18(16)34(32)56/h7-12H,1-4H3/b29-27+,30-28?,51-31?,52-32?. The summed E-state index contributed by atoms with van der Waals surface area (Å²) in [5.41, 5.74) is -2.42. The van der Waals surface area contributed by atoms with Gasteiger partial charge in [0, 0.05) is 44.5 Å². The van der Waals surface area contributed by atoms with Crippen LogP contribution in [-0.4, -0.2) is 33.0 Å². The predicted molar refractivity (Wildman–Crippen MR) is 210 cm³/mol. The van der Waals surface area contributed by atoms with Gasteiger partial charge in [0.2, 0.25) is 33.6 Å². The Morgan fingerprint density at radius 2 is 0.983 bits per heavy atom. The van der Waals surface area contributed by atoms with Crippen molar-refractivity contribution in [3.63, 3.8) is 0 Å². The largest absolute Gasteiger partial charge is 0.466 e. The molecule has 0 spiro atoms. The number of fused-ring (bicyclic) bond motifs is 8. The van der Waals surface area contributed by atoms with Crippen LogP contribution in [0, 0.1) is 59.1 Å². The molecule has 0 amide bonds. The van der Waals surface area contributed by atoms with E-state index < -0.39 is 57.4 Å². The van der Waals surface area contributed by atoms with E-state index in [0.717, 1.165) is 34.8 Å². The predicted octanol–water partition coefficient (Wildman–Crippen LogP) is 9.99. The highest BCUT2D eigenvalue weighted by atomic mass is 32.1. The third-order valence-electron chi connectivity index (χ3n) is 10.2. The van der Waals surface area contributed by atoms with Crippen molar-refractivity contribution in [3.05, 3.63) is 127 Å². The normalized spacial score (nSPS) is 19.0. The van der Waals surface area contributed by atoms with Crippen molar-refractivity contribution in [1.82, 2.24) is 9.97 Å². The molecule has 2 aliphatic carbocycles. The second-order valence-electron chi connectivity index (χ2n) is 14.5. The fourth-order valence-corrected chi connectivity index (χ4v) is 9.31. The molecule has 0 N–H and O–H groups in total. The maximum Gasteiger partial charge on any atom is 0.271 e. The Labute approximate surface area is 344 Å². The van der Waals surface area contributed by atoms with E-state index >= 15 is 0 Å². The molecule has 0 fully saturated rings. The summed E-state index contributed by atoms with van der Waals surface area (Å²) in [6.45, 7) is 22.3. The lowest BCUT2D eigenvalue weighted by Gasteiger charge is -2.37. The van der Waals surface area contributed by atoms with Gasteiger partial charge in [0.1, 0.15) is 32.4 Å². The first-order chi connectivity index (χ1) is 28.5. The topological polar surface area (TPSA) is 159 Å². The monoisotopic (exact) mass is 838 g/mol. The fraction of sp³-hybridized carbons (Fsp3) is 0.143. The molecule has 2 aliphatic heterocycles. The first-order valence-electron chi connectivity index (χ1n) is 17.4. The number of allylic oxidation sites excluding steroid dienone is 4. The van der Waals surface area contributed by atoms with Crippen molar-refractivity contribution in [2.24, 2.45) is 9.98 Å². The minimum atomic E-state index is -1.28. The number of carbonyl (C=O) groups is 2. The summed E-state index contributed by atoms with van der Waals surface area (Å²) in [6.07, 6.45) is 0. The van der Waals surface area contributed by atoms with Crippen LogP contribution in [0.5, 0.6) is 11.8 Å². The summed E-state index contributed by atoms with van der Waals surface area (Å²) in [7, 11) is 0. The number of hydrogen-bond acceptors (Lipinski definition) is 12. The molecular formula is C42H18F4N8O4S2. The molecule has 4 heterocycles. The summed E-state index contributed by atoms with van der Waals surface area (Å²) >= 11 is 2.08. The van der Waals surface area contributed by atoms with Crippen molar-refractivity contribution in [2.75, 3.05) is 0 Å². The van der Waals surface area contributed by atoms with E-state index in [9.17, 15) is 37.7 Å². The van der Waals surface area contributed by atoms with Gasteiger partial charge in [0.15, 0.2) is 23.3 Å². The molecule has 18 heteroatoms. The summed E-state index contributed by atoms with van der Waals surface area (Å²) in [4.78, 5) is 52.5. The zero-order chi connectivity index (χ0) is 42.7. The van der Waals surface area contributed by atoms with Crippen LogP contribution in [0.2, 0.25) is 0 Å². The van der Waals surface area contributed by atoms with Crippen LogP contribution in [0.25, 0.3) is 41.7 Å². The van der Waals surface area contributed by atoms with Crippen LogP contribution >= 0.6 is 22.7 Å².